The highest BCUT2D eigenvalue weighted by molar-refractivity contribution is 7.09. The number of benzene rings is 1. The van der Waals surface area contributed by atoms with Gasteiger partial charge in [-0.25, -0.2) is 4.98 Å². The predicted molar refractivity (Wildman–Crippen MR) is 82.4 cm³/mol. The first-order chi connectivity index (χ1) is 9.74. The Hall–Kier alpha value is -1.39. The molecule has 0 saturated heterocycles. The monoisotopic (exact) mass is 288 g/mol. The zero-order chi connectivity index (χ0) is 13.9. The maximum Gasteiger partial charge on any atom is 0.120 e. The molecule has 0 bridgehead atoms. The van der Waals surface area contributed by atoms with Crippen molar-refractivity contribution in [3.8, 4) is 5.75 Å². The minimum Gasteiger partial charge on any atom is -0.490 e. The van der Waals surface area contributed by atoms with Crippen molar-refractivity contribution in [2.24, 2.45) is 0 Å². The van der Waals surface area contributed by atoms with E-state index in [4.69, 9.17) is 4.74 Å². The molecule has 1 atom stereocenters. The molecule has 1 aliphatic rings. The van der Waals surface area contributed by atoms with Gasteiger partial charge in [0.1, 0.15) is 5.75 Å². The standard InChI is InChI=1S/C16H20N2OS/c1-11-18-13(10-20-11)9-16(17-2)12-4-3-5-15(8-12)19-14-6-7-14/h3-5,8,10,14,16-17H,6-7,9H2,1-2H3. The van der Waals surface area contributed by atoms with Crippen molar-refractivity contribution in [3.05, 3.63) is 45.9 Å². The van der Waals surface area contributed by atoms with Gasteiger partial charge in [-0.05, 0) is 44.5 Å². The molecule has 2 aromatic rings. The number of nitrogens with zero attached hydrogens (tertiary/aromatic N) is 1. The molecular formula is C16H20N2OS. The first-order valence-corrected chi connectivity index (χ1v) is 7.97. The topological polar surface area (TPSA) is 34.2 Å². The van der Waals surface area contributed by atoms with Gasteiger partial charge in [0.05, 0.1) is 16.8 Å². The largest absolute Gasteiger partial charge is 0.490 e. The van der Waals surface area contributed by atoms with Crippen molar-refractivity contribution in [3.63, 3.8) is 0 Å². The zero-order valence-electron chi connectivity index (χ0n) is 11.9. The summed E-state index contributed by atoms with van der Waals surface area (Å²) in [7, 11) is 2.00. The lowest BCUT2D eigenvalue weighted by Crippen LogP contribution is -2.19. The fourth-order valence-electron chi connectivity index (χ4n) is 2.28. The highest BCUT2D eigenvalue weighted by Crippen LogP contribution is 2.29. The van der Waals surface area contributed by atoms with Crippen molar-refractivity contribution >= 4 is 11.3 Å². The second-order valence-electron chi connectivity index (χ2n) is 5.29. The van der Waals surface area contributed by atoms with Gasteiger partial charge >= 0.3 is 0 Å². The van der Waals surface area contributed by atoms with Crippen molar-refractivity contribution < 1.29 is 4.74 Å². The van der Waals surface area contributed by atoms with Gasteiger partial charge in [0.2, 0.25) is 0 Å². The maximum atomic E-state index is 5.87. The summed E-state index contributed by atoms with van der Waals surface area (Å²) >= 11 is 1.71. The van der Waals surface area contributed by atoms with Gasteiger partial charge in [0.25, 0.3) is 0 Å². The lowest BCUT2D eigenvalue weighted by atomic mass is 10.0. The SMILES string of the molecule is CNC(Cc1csc(C)n1)c1cccc(OC2CC2)c1. The molecule has 106 valence electrons. The molecule has 1 aromatic carbocycles. The second kappa shape index (κ2) is 5.94. The number of aryl methyl sites for hydroxylation is 1. The van der Waals surface area contributed by atoms with Crippen LogP contribution in [0, 0.1) is 6.92 Å². The molecule has 1 heterocycles. The number of ether oxygens (including phenoxy) is 1. The van der Waals surface area contributed by atoms with Crippen LogP contribution in [0.4, 0.5) is 0 Å². The third kappa shape index (κ3) is 3.38. The van der Waals surface area contributed by atoms with Crippen LogP contribution >= 0.6 is 11.3 Å². The minimum absolute atomic E-state index is 0.277. The molecule has 3 nitrogen and oxygen atoms in total. The molecule has 4 heteroatoms. The average molecular weight is 288 g/mol. The second-order valence-corrected chi connectivity index (χ2v) is 6.36. The molecule has 1 N–H and O–H groups in total. The molecule has 1 aromatic heterocycles. The minimum atomic E-state index is 0.277. The zero-order valence-corrected chi connectivity index (χ0v) is 12.7. The van der Waals surface area contributed by atoms with E-state index in [1.165, 1.54) is 18.4 Å². The van der Waals surface area contributed by atoms with Crippen molar-refractivity contribution in [2.45, 2.75) is 38.3 Å². The number of hydrogen-bond donors (Lipinski definition) is 1. The number of rotatable bonds is 6. The Morgan fingerprint density at radius 3 is 2.95 bits per heavy atom. The van der Waals surface area contributed by atoms with Crippen LogP contribution in [0.25, 0.3) is 0 Å². The summed E-state index contributed by atoms with van der Waals surface area (Å²) < 4.78 is 5.87. The number of aromatic nitrogens is 1. The molecule has 0 radical (unpaired) electrons. The van der Waals surface area contributed by atoms with Crippen LogP contribution in [-0.4, -0.2) is 18.1 Å². The number of hydrogen-bond acceptors (Lipinski definition) is 4. The van der Waals surface area contributed by atoms with Gasteiger partial charge in [0.15, 0.2) is 0 Å². The van der Waals surface area contributed by atoms with E-state index in [0.717, 1.165) is 22.9 Å². The van der Waals surface area contributed by atoms with Gasteiger partial charge in [-0.2, -0.15) is 0 Å². The van der Waals surface area contributed by atoms with Crippen LogP contribution in [0.15, 0.2) is 29.6 Å². The Balaban J connectivity index is 1.73. The average Bonchev–Trinajstić information content (AvgIpc) is 3.17. The summed E-state index contributed by atoms with van der Waals surface area (Å²) in [5, 5.41) is 6.65. The first-order valence-electron chi connectivity index (χ1n) is 7.09. The number of thiazole rings is 1. The molecule has 1 unspecified atom stereocenters. The molecule has 1 fully saturated rings. The van der Waals surface area contributed by atoms with Crippen molar-refractivity contribution in [1.82, 2.24) is 10.3 Å². The van der Waals surface area contributed by atoms with E-state index >= 15 is 0 Å². The third-order valence-electron chi connectivity index (χ3n) is 3.52. The van der Waals surface area contributed by atoms with E-state index in [1.54, 1.807) is 11.3 Å². The van der Waals surface area contributed by atoms with Crippen LogP contribution in [0.5, 0.6) is 5.75 Å². The summed E-state index contributed by atoms with van der Waals surface area (Å²) in [6.07, 6.45) is 3.74. The van der Waals surface area contributed by atoms with E-state index in [0.29, 0.717) is 6.10 Å². The smallest absolute Gasteiger partial charge is 0.120 e. The molecule has 3 rings (SSSR count). The Bertz CT molecular complexity index is 577. The van der Waals surface area contributed by atoms with E-state index in [9.17, 15) is 0 Å². The Labute approximate surface area is 124 Å². The van der Waals surface area contributed by atoms with Crippen LogP contribution in [-0.2, 0) is 6.42 Å². The number of nitrogens with one attached hydrogen (secondary N) is 1. The summed E-state index contributed by atoms with van der Waals surface area (Å²) in [5.74, 6) is 0.986. The lowest BCUT2D eigenvalue weighted by molar-refractivity contribution is 0.302. The first kappa shape index (κ1) is 13.6. The van der Waals surface area contributed by atoms with Gasteiger partial charge in [-0.15, -0.1) is 11.3 Å². The highest BCUT2D eigenvalue weighted by Gasteiger charge is 2.23. The fraction of sp³-hybridized carbons (Fsp3) is 0.438. The molecule has 20 heavy (non-hydrogen) atoms. The van der Waals surface area contributed by atoms with E-state index < -0.39 is 0 Å². The Kier molecular flexibility index (Phi) is 4.03. The van der Waals surface area contributed by atoms with Crippen molar-refractivity contribution in [2.75, 3.05) is 7.05 Å². The molecule has 0 amide bonds. The van der Waals surface area contributed by atoms with Gasteiger partial charge in [-0.1, -0.05) is 12.1 Å². The molecule has 1 saturated carbocycles. The summed E-state index contributed by atoms with van der Waals surface area (Å²) in [4.78, 5) is 4.55. The van der Waals surface area contributed by atoms with Crippen LogP contribution in [0.3, 0.4) is 0 Å². The van der Waals surface area contributed by atoms with Gasteiger partial charge in [-0.3, -0.25) is 0 Å². The molecular weight excluding hydrogens is 268 g/mol. The quantitative estimate of drug-likeness (QED) is 0.883. The van der Waals surface area contributed by atoms with Crippen LogP contribution < -0.4 is 10.1 Å². The summed E-state index contributed by atoms with van der Waals surface area (Å²) in [5.41, 5.74) is 2.41. The molecule has 0 spiro atoms. The third-order valence-corrected chi connectivity index (χ3v) is 4.34. The number of likely N-dealkylation sites (N-methyl/N-ethyl adjacent to an activating group) is 1. The maximum absolute atomic E-state index is 5.87. The molecule has 0 aliphatic heterocycles. The predicted octanol–water partition coefficient (Wildman–Crippen LogP) is 3.50. The fourth-order valence-corrected chi connectivity index (χ4v) is 2.91. The van der Waals surface area contributed by atoms with Crippen LogP contribution in [0.2, 0.25) is 0 Å². The van der Waals surface area contributed by atoms with Gasteiger partial charge < -0.3 is 10.1 Å². The Morgan fingerprint density at radius 2 is 2.30 bits per heavy atom. The summed E-state index contributed by atoms with van der Waals surface area (Å²) in [6.45, 7) is 2.05. The van der Waals surface area contributed by atoms with Crippen LogP contribution in [0.1, 0.15) is 35.1 Å². The lowest BCUT2D eigenvalue weighted by Gasteiger charge is -2.16. The Morgan fingerprint density at radius 1 is 1.45 bits per heavy atom. The normalized spacial score (nSPS) is 16.1. The molecule has 1 aliphatic carbocycles. The highest BCUT2D eigenvalue weighted by atomic mass is 32.1. The van der Waals surface area contributed by atoms with E-state index in [1.807, 2.05) is 20.0 Å². The van der Waals surface area contributed by atoms with E-state index in [-0.39, 0.29) is 6.04 Å². The van der Waals surface area contributed by atoms with Gasteiger partial charge in [0, 0.05) is 17.8 Å². The van der Waals surface area contributed by atoms with Crippen molar-refractivity contribution in [1.29, 1.82) is 0 Å². The van der Waals surface area contributed by atoms with E-state index in [2.05, 4.69) is 33.9 Å². The summed E-state index contributed by atoms with van der Waals surface area (Å²) in [6, 6.07) is 8.70.